The summed E-state index contributed by atoms with van der Waals surface area (Å²) in [7, 11) is 0. The second-order valence-electron chi connectivity index (χ2n) is 7.31. The topological polar surface area (TPSA) is 85.0 Å². The molecular weight excluding hydrogens is 385 g/mol. The van der Waals surface area contributed by atoms with Gasteiger partial charge in [-0.15, -0.1) is 0 Å². The smallest absolute Gasteiger partial charge is 0.253 e. The minimum atomic E-state index is -0.316. The van der Waals surface area contributed by atoms with E-state index in [0.29, 0.717) is 41.4 Å². The molecule has 150 valence electrons. The van der Waals surface area contributed by atoms with Crippen molar-refractivity contribution in [3.8, 4) is 11.4 Å². The number of likely N-dealkylation sites (tertiary alicyclic amines) is 1. The molecule has 1 amide bonds. The third-order valence-corrected chi connectivity index (χ3v) is 5.32. The highest BCUT2D eigenvalue weighted by Crippen LogP contribution is 2.28. The van der Waals surface area contributed by atoms with Gasteiger partial charge in [-0.3, -0.25) is 14.8 Å². The standard InChI is InChI=1S/C22H18FN5O2/c23-17-6-3-14(4-7-17)20-26-21(30-27-20)16-2-1-11-28(13-16)22(29)15-5-8-18-19(12-15)25-10-9-24-18/h3-10,12,16H,1-2,11,13H2/t16-/m0/s1. The number of fused-ring (bicyclic) bond motifs is 1. The first-order valence-corrected chi connectivity index (χ1v) is 9.77. The van der Waals surface area contributed by atoms with Crippen LogP contribution in [-0.2, 0) is 0 Å². The highest BCUT2D eigenvalue weighted by atomic mass is 19.1. The van der Waals surface area contributed by atoms with E-state index in [9.17, 15) is 9.18 Å². The molecule has 7 nitrogen and oxygen atoms in total. The third kappa shape index (κ3) is 3.52. The average molecular weight is 403 g/mol. The zero-order chi connectivity index (χ0) is 20.5. The molecule has 0 unspecified atom stereocenters. The number of hydrogen-bond donors (Lipinski definition) is 0. The first-order valence-electron chi connectivity index (χ1n) is 9.77. The van der Waals surface area contributed by atoms with Crippen LogP contribution >= 0.6 is 0 Å². The summed E-state index contributed by atoms with van der Waals surface area (Å²) < 4.78 is 18.6. The SMILES string of the molecule is O=C(c1ccc2nccnc2c1)N1CCC[C@H](c2nc(-c3ccc(F)cc3)no2)C1. The Balaban J connectivity index is 1.34. The van der Waals surface area contributed by atoms with Crippen LogP contribution in [0.5, 0.6) is 0 Å². The van der Waals surface area contributed by atoms with Crippen molar-refractivity contribution in [3.63, 3.8) is 0 Å². The predicted molar refractivity (Wildman–Crippen MR) is 107 cm³/mol. The molecule has 5 rings (SSSR count). The second kappa shape index (κ2) is 7.62. The maximum atomic E-state index is 13.1. The maximum absolute atomic E-state index is 13.1. The van der Waals surface area contributed by atoms with Crippen LogP contribution in [0.1, 0.15) is 35.0 Å². The summed E-state index contributed by atoms with van der Waals surface area (Å²) in [5, 5.41) is 4.03. The van der Waals surface area contributed by atoms with Gasteiger partial charge in [0.25, 0.3) is 5.91 Å². The van der Waals surface area contributed by atoms with Gasteiger partial charge in [0, 0.05) is 36.6 Å². The van der Waals surface area contributed by atoms with E-state index in [2.05, 4.69) is 20.1 Å². The number of aromatic nitrogens is 4. The molecule has 2 aromatic heterocycles. The van der Waals surface area contributed by atoms with E-state index in [1.54, 1.807) is 36.7 Å². The summed E-state index contributed by atoms with van der Waals surface area (Å²) in [6.45, 7) is 1.18. The molecule has 0 radical (unpaired) electrons. The van der Waals surface area contributed by atoms with Crippen LogP contribution in [0.2, 0.25) is 0 Å². The van der Waals surface area contributed by atoms with Gasteiger partial charge in [0.15, 0.2) is 0 Å². The van der Waals surface area contributed by atoms with Gasteiger partial charge in [-0.1, -0.05) is 5.16 Å². The molecule has 4 aromatic rings. The highest BCUT2D eigenvalue weighted by molar-refractivity contribution is 5.97. The number of rotatable bonds is 3. The van der Waals surface area contributed by atoms with E-state index in [4.69, 9.17) is 4.52 Å². The molecule has 0 saturated carbocycles. The van der Waals surface area contributed by atoms with Crippen molar-refractivity contribution in [2.24, 2.45) is 0 Å². The van der Waals surface area contributed by atoms with E-state index in [-0.39, 0.29) is 17.6 Å². The van der Waals surface area contributed by atoms with Gasteiger partial charge >= 0.3 is 0 Å². The minimum absolute atomic E-state index is 0.0374. The number of benzene rings is 2. The van der Waals surface area contributed by atoms with Gasteiger partial charge in [-0.05, 0) is 55.3 Å². The third-order valence-electron chi connectivity index (χ3n) is 5.32. The molecule has 1 fully saturated rings. The molecule has 0 bridgehead atoms. The molecule has 8 heteroatoms. The van der Waals surface area contributed by atoms with Crippen molar-refractivity contribution in [2.75, 3.05) is 13.1 Å². The van der Waals surface area contributed by atoms with Crippen LogP contribution in [0.4, 0.5) is 4.39 Å². The lowest BCUT2D eigenvalue weighted by Crippen LogP contribution is -2.39. The number of carbonyl (C=O) groups is 1. The number of hydrogen-bond acceptors (Lipinski definition) is 6. The van der Waals surface area contributed by atoms with Crippen LogP contribution in [0.15, 0.2) is 59.4 Å². The van der Waals surface area contributed by atoms with E-state index in [1.165, 1.54) is 12.1 Å². The number of carbonyl (C=O) groups excluding carboxylic acids is 1. The Labute approximate surface area is 171 Å². The summed E-state index contributed by atoms with van der Waals surface area (Å²) in [6.07, 6.45) is 4.95. The van der Waals surface area contributed by atoms with Crippen LogP contribution in [0.3, 0.4) is 0 Å². The summed E-state index contributed by atoms with van der Waals surface area (Å²) >= 11 is 0. The monoisotopic (exact) mass is 403 g/mol. The molecular formula is C22H18FN5O2. The van der Waals surface area contributed by atoms with Gasteiger partial charge < -0.3 is 9.42 Å². The van der Waals surface area contributed by atoms with Gasteiger partial charge in [-0.25, -0.2) is 4.39 Å². The van der Waals surface area contributed by atoms with Crippen molar-refractivity contribution in [3.05, 3.63) is 72.1 Å². The fourth-order valence-corrected chi connectivity index (χ4v) is 3.76. The Hall–Kier alpha value is -3.68. The van der Waals surface area contributed by atoms with Crippen molar-refractivity contribution < 1.29 is 13.7 Å². The second-order valence-corrected chi connectivity index (χ2v) is 7.31. The predicted octanol–water partition coefficient (Wildman–Crippen LogP) is 3.84. The van der Waals surface area contributed by atoms with Crippen molar-refractivity contribution in [2.45, 2.75) is 18.8 Å². The van der Waals surface area contributed by atoms with Gasteiger partial charge in [0.1, 0.15) is 5.82 Å². The Morgan fingerprint density at radius 1 is 1.07 bits per heavy atom. The molecule has 1 saturated heterocycles. The fourth-order valence-electron chi connectivity index (χ4n) is 3.76. The Kier molecular flexibility index (Phi) is 4.66. The molecule has 0 spiro atoms. The van der Waals surface area contributed by atoms with Gasteiger partial charge in [-0.2, -0.15) is 4.98 Å². The normalized spacial score (nSPS) is 16.7. The Morgan fingerprint density at radius 2 is 1.87 bits per heavy atom. The lowest BCUT2D eigenvalue weighted by Gasteiger charge is -2.31. The summed E-state index contributed by atoms with van der Waals surface area (Å²) in [5.74, 6) is 0.511. The first-order chi connectivity index (χ1) is 14.7. The number of halogens is 1. The van der Waals surface area contributed by atoms with E-state index >= 15 is 0 Å². The largest absolute Gasteiger partial charge is 0.339 e. The van der Waals surface area contributed by atoms with Crippen LogP contribution in [0.25, 0.3) is 22.4 Å². The maximum Gasteiger partial charge on any atom is 0.253 e. The molecule has 1 atom stereocenters. The van der Waals surface area contributed by atoms with Crippen molar-refractivity contribution in [1.29, 1.82) is 0 Å². The number of piperidine rings is 1. The van der Waals surface area contributed by atoms with E-state index in [1.807, 2.05) is 11.0 Å². The lowest BCUT2D eigenvalue weighted by molar-refractivity contribution is 0.0696. The summed E-state index contributed by atoms with van der Waals surface area (Å²) in [4.78, 5) is 27.9. The number of amides is 1. The molecule has 0 N–H and O–H groups in total. The highest BCUT2D eigenvalue weighted by Gasteiger charge is 2.29. The fraction of sp³-hybridized carbons (Fsp3) is 0.227. The molecule has 3 heterocycles. The van der Waals surface area contributed by atoms with Gasteiger partial charge in [0.2, 0.25) is 11.7 Å². The van der Waals surface area contributed by atoms with Crippen LogP contribution < -0.4 is 0 Å². The summed E-state index contributed by atoms with van der Waals surface area (Å²) in [5.41, 5.74) is 2.72. The molecule has 0 aliphatic carbocycles. The van der Waals surface area contributed by atoms with Crippen LogP contribution in [-0.4, -0.2) is 44.0 Å². The zero-order valence-corrected chi connectivity index (χ0v) is 16.0. The molecule has 1 aliphatic rings. The quantitative estimate of drug-likeness (QED) is 0.517. The van der Waals surface area contributed by atoms with E-state index < -0.39 is 0 Å². The minimum Gasteiger partial charge on any atom is -0.339 e. The van der Waals surface area contributed by atoms with E-state index in [0.717, 1.165) is 18.4 Å². The number of nitrogens with zero attached hydrogens (tertiary/aromatic N) is 5. The lowest BCUT2D eigenvalue weighted by atomic mass is 9.97. The Bertz CT molecular complexity index is 1210. The zero-order valence-electron chi connectivity index (χ0n) is 16.0. The molecule has 1 aliphatic heterocycles. The summed E-state index contributed by atoms with van der Waals surface area (Å²) in [6, 6.07) is 11.3. The van der Waals surface area contributed by atoms with Gasteiger partial charge in [0.05, 0.1) is 17.0 Å². The Morgan fingerprint density at radius 3 is 2.70 bits per heavy atom. The van der Waals surface area contributed by atoms with Crippen molar-refractivity contribution in [1.82, 2.24) is 25.0 Å². The first kappa shape index (κ1) is 18.4. The van der Waals surface area contributed by atoms with Crippen molar-refractivity contribution >= 4 is 16.9 Å². The molecule has 30 heavy (non-hydrogen) atoms. The van der Waals surface area contributed by atoms with Crippen LogP contribution in [0, 0.1) is 5.82 Å². The average Bonchev–Trinajstić information content (AvgIpc) is 3.29. The molecule has 2 aromatic carbocycles.